The summed E-state index contributed by atoms with van der Waals surface area (Å²) in [7, 11) is 0. The van der Waals surface area contributed by atoms with Crippen LogP contribution in [0.2, 0.25) is 0 Å². The first-order valence-electron chi connectivity index (χ1n) is 6.63. The Labute approximate surface area is 107 Å². The lowest BCUT2D eigenvalue weighted by Gasteiger charge is -2.24. The number of hydrogen-bond acceptors (Lipinski definition) is 4. The van der Waals surface area contributed by atoms with Gasteiger partial charge < -0.3 is 5.32 Å². The summed E-state index contributed by atoms with van der Waals surface area (Å²) in [6.45, 7) is 8.04. The molecule has 1 N–H and O–H groups in total. The number of piperidine rings is 1. The number of nitrogens with one attached hydrogen (secondary N) is 1. The normalized spacial score (nSPS) is 31.4. The van der Waals surface area contributed by atoms with Crippen molar-refractivity contribution in [2.45, 2.75) is 38.8 Å². The largest absolute Gasteiger partial charge is 0.312 e. The summed E-state index contributed by atoms with van der Waals surface area (Å²) in [5.41, 5.74) is 1.26. The summed E-state index contributed by atoms with van der Waals surface area (Å²) in [4.78, 5) is 7.23. The van der Waals surface area contributed by atoms with Gasteiger partial charge in [-0.1, -0.05) is 0 Å². The van der Waals surface area contributed by atoms with Crippen LogP contribution in [0, 0.1) is 12.8 Å². The molecule has 0 aliphatic carbocycles. The number of aryl methyl sites for hydroxylation is 1. The molecule has 0 amide bonds. The lowest BCUT2D eigenvalue weighted by Crippen LogP contribution is -2.40. The first-order valence-corrected chi connectivity index (χ1v) is 7.51. The second kappa shape index (κ2) is 4.67. The van der Waals surface area contributed by atoms with E-state index in [1.807, 2.05) is 0 Å². The van der Waals surface area contributed by atoms with E-state index in [1.54, 1.807) is 11.3 Å². The van der Waals surface area contributed by atoms with Crippen LogP contribution in [-0.4, -0.2) is 35.6 Å². The van der Waals surface area contributed by atoms with Crippen LogP contribution in [-0.2, 0) is 0 Å². The molecule has 2 aliphatic rings. The van der Waals surface area contributed by atoms with Gasteiger partial charge in [0.2, 0.25) is 0 Å². The van der Waals surface area contributed by atoms with Crippen molar-refractivity contribution in [2.24, 2.45) is 5.92 Å². The SMILES string of the molecule is Cc1nc(C(C)N2CC3CCCNC3C2)cs1. The number of hydrogen-bond donors (Lipinski definition) is 1. The molecule has 2 saturated heterocycles. The fraction of sp³-hybridized carbons (Fsp3) is 0.769. The lowest BCUT2D eigenvalue weighted by atomic mass is 9.94. The molecule has 2 aliphatic heterocycles. The Bertz CT molecular complexity index is 376. The van der Waals surface area contributed by atoms with Crippen molar-refractivity contribution in [1.82, 2.24) is 15.2 Å². The molecule has 3 heterocycles. The Balaban J connectivity index is 1.69. The zero-order valence-corrected chi connectivity index (χ0v) is 11.5. The monoisotopic (exact) mass is 251 g/mol. The van der Waals surface area contributed by atoms with E-state index in [-0.39, 0.29) is 0 Å². The second-order valence-electron chi connectivity index (χ2n) is 5.38. The predicted octanol–water partition coefficient (Wildman–Crippen LogP) is 2.20. The Morgan fingerprint density at radius 3 is 3.12 bits per heavy atom. The molecule has 3 atom stereocenters. The van der Waals surface area contributed by atoms with Crippen molar-refractivity contribution in [3.63, 3.8) is 0 Å². The first-order chi connectivity index (χ1) is 8.24. The number of rotatable bonds is 2. The van der Waals surface area contributed by atoms with E-state index in [4.69, 9.17) is 0 Å². The number of nitrogens with zero attached hydrogens (tertiary/aromatic N) is 2. The van der Waals surface area contributed by atoms with E-state index < -0.39 is 0 Å². The smallest absolute Gasteiger partial charge is 0.0898 e. The Hall–Kier alpha value is -0.450. The van der Waals surface area contributed by atoms with Gasteiger partial charge in [-0.3, -0.25) is 4.90 Å². The van der Waals surface area contributed by atoms with Crippen molar-refractivity contribution >= 4 is 11.3 Å². The topological polar surface area (TPSA) is 28.2 Å². The second-order valence-corrected chi connectivity index (χ2v) is 6.45. The summed E-state index contributed by atoms with van der Waals surface area (Å²) < 4.78 is 0. The standard InChI is InChI=1S/C13H21N3S/c1-9(13-8-17-10(2)15-13)16-6-11-4-3-5-14-12(11)7-16/h8-9,11-12,14H,3-7H2,1-2H3. The molecule has 0 saturated carbocycles. The molecule has 3 unspecified atom stereocenters. The Morgan fingerprint density at radius 1 is 1.53 bits per heavy atom. The third-order valence-corrected chi connectivity index (χ3v) is 5.03. The molecule has 2 fully saturated rings. The maximum Gasteiger partial charge on any atom is 0.0898 e. The highest BCUT2D eigenvalue weighted by atomic mass is 32.1. The Kier molecular flexibility index (Phi) is 3.19. The van der Waals surface area contributed by atoms with E-state index in [0.717, 1.165) is 12.0 Å². The minimum atomic E-state index is 0.479. The van der Waals surface area contributed by atoms with E-state index in [9.17, 15) is 0 Å². The van der Waals surface area contributed by atoms with Crippen LogP contribution in [0.4, 0.5) is 0 Å². The predicted molar refractivity (Wildman–Crippen MR) is 71.4 cm³/mol. The van der Waals surface area contributed by atoms with Crippen LogP contribution in [0.25, 0.3) is 0 Å². The van der Waals surface area contributed by atoms with Crippen molar-refractivity contribution in [2.75, 3.05) is 19.6 Å². The van der Waals surface area contributed by atoms with Crippen LogP contribution < -0.4 is 5.32 Å². The molecule has 0 spiro atoms. The molecule has 17 heavy (non-hydrogen) atoms. The van der Waals surface area contributed by atoms with Crippen molar-refractivity contribution in [3.8, 4) is 0 Å². The fourth-order valence-corrected chi connectivity index (χ4v) is 3.85. The highest BCUT2D eigenvalue weighted by Crippen LogP contribution is 2.31. The van der Waals surface area contributed by atoms with E-state index in [2.05, 4.69) is 34.4 Å². The number of aromatic nitrogens is 1. The number of thiazole rings is 1. The van der Waals surface area contributed by atoms with Gasteiger partial charge >= 0.3 is 0 Å². The van der Waals surface area contributed by atoms with Gasteiger partial charge in [0.25, 0.3) is 0 Å². The number of likely N-dealkylation sites (tertiary alicyclic amines) is 1. The highest BCUT2D eigenvalue weighted by Gasteiger charge is 2.36. The highest BCUT2D eigenvalue weighted by molar-refractivity contribution is 7.09. The van der Waals surface area contributed by atoms with Crippen LogP contribution in [0.3, 0.4) is 0 Å². The molecule has 0 aromatic carbocycles. The van der Waals surface area contributed by atoms with Gasteiger partial charge in [-0.15, -0.1) is 11.3 Å². The quantitative estimate of drug-likeness (QED) is 0.873. The molecular formula is C13H21N3S. The third kappa shape index (κ3) is 2.26. The molecule has 0 radical (unpaired) electrons. The van der Waals surface area contributed by atoms with Crippen LogP contribution in [0.15, 0.2) is 5.38 Å². The molecule has 3 rings (SSSR count). The van der Waals surface area contributed by atoms with Gasteiger partial charge in [-0.05, 0) is 39.2 Å². The average Bonchev–Trinajstić information content (AvgIpc) is 2.93. The van der Waals surface area contributed by atoms with Gasteiger partial charge in [0.15, 0.2) is 0 Å². The van der Waals surface area contributed by atoms with Crippen LogP contribution in [0.1, 0.15) is 36.5 Å². The van der Waals surface area contributed by atoms with Crippen LogP contribution in [0.5, 0.6) is 0 Å². The minimum Gasteiger partial charge on any atom is -0.312 e. The zero-order valence-electron chi connectivity index (χ0n) is 10.6. The van der Waals surface area contributed by atoms with Gasteiger partial charge in [-0.25, -0.2) is 4.98 Å². The van der Waals surface area contributed by atoms with Crippen molar-refractivity contribution in [1.29, 1.82) is 0 Å². The molecular weight excluding hydrogens is 230 g/mol. The molecule has 94 valence electrons. The van der Waals surface area contributed by atoms with Gasteiger partial charge in [0, 0.05) is 24.5 Å². The first kappa shape index (κ1) is 11.6. The van der Waals surface area contributed by atoms with Gasteiger partial charge in [-0.2, -0.15) is 0 Å². The molecule has 4 heteroatoms. The maximum absolute atomic E-state index is 4.63. The lowest BCUT2D eigenvalue weighted by molar-refractivity contribution is 0.247. The summed E-state index contributed by atoms with van der Waals surface area (Å²) in [6.07, 6.45) is 2.75. The third-order valence-electron chi connectivity index (χ3n) is 4.24. The maximum atomic E-state index is 4.63. The van der Waals surface area contributed by atoms with E-state index in [0.29, 0.717) is 6.04 Å². The Morgan fingerprint density at radius 2 is 2.41 bits per heavy atom. The average molecular weight is 251 g/mol. The number of fused-ring (bicyclic) bond motifs is 1. The van der Waals surface area contributed by atoms with Crippen molar-refractivity contribution in [3.05, 3.63) is 16.1 Å². The minimum absolute atomic E-state index is 0.479. The summed E-state index contributed by atoms with van der Waals surface area (Å²) in [6, 6.07) is 1.21. The summed E-state index contributed by atoms with van der Waals surface area (Å²) in [5, 5.41) is 7.06. The van der Waals surface area contributed by atoms with E-state index >= 15 is 0 Å². The van der Waals surface area contributed by atoms with Gasteiger partial charge in [0.05, 0.1) is 16.7 Å². The van der Waals surface area contributed by atoms with Crippen LogP contribution >= 0.6 is 11.3 Å². The summed E-state index contributed by atoms with van der Waals surface area (Å²) in [5.74, 6) is 0.867. The van der Waals surface area contributed by atoms with Gasteiger partial charge in [0.1, 0.15) is 0 Å². The summed E-state index contributed by atoms with van der Waals surface area (Å²) >= 11 is 1.76. The van der Waals surface area contributed by atoms with E-state index in [1.165, 1.54) is 43.2 Å². The molecule has 3 nitrogen and oxygen atoms in total. The fourth-order valence-electron chi connectivity index (χ4n) is 3.16. The zero-order chi connectivity index (χ0) is 11.8. The molecule has 1 aromatic rings. The van der Waals surface area contributed by atoms with Crippen molar-refractivity contribution < 1.29 is 0 Å². The molecule has 0 bridgehead atoms. The molecule has 1 aromatic heterocycles.